The summed E-state index contributed by atoms with van der Waals surface area (Å²) < 4.78 is 34.2. The van der Waals surface area contributed by atoms with Crippen molar-refractivity contribution in [3.8, 4) is 5.75 Å². The lowest BCUT2D eigenvalue weighted by atomic mass is 10.0. The second-order valence-electron chi connectivity index (χ2n) is 8.33. The molecule has 7 heteroatoms. The largest absolute Gasteiger partial charge is 0.493 e. The predicted molar refractivity (Wildman–Crippen MR) is 128 cm³/mol. The maximum atomic E-state index is 13.3. The molecule has 1 aliphatic heterocycles. The van der Waals surface area contributed by atoms with Crippen molar-refractivity contribution in [2.75, 3.05) is 37.7 Å². The van der Waals surface area contributed by atoms with Crippen molar-refractivity contribution >= 4 is 27.3 Å². The number of ether oxygens (including phenoxy) is 1. The zero-order valence-corrected chi connectivity index (χ0v) is 20.5. The average Bonchev–Trinajstić information content (AvgIpc) is 2.76. The number of unbranched alkanes of at least 4 members (excludes halogenated alkanes) is 1. The maximum absolute atomic E-state index is 13.3. The van der Waals surface area contributed by atoms with Gasteiger partial charge in [-0.2, -0.15) is 4.31 Å². The summed E-state index contributed by atoms with van der Waals surface area (Å²) in [7, 11) is -3.56. The Morgan fingerprint density at radius 3 is 2.45 bits per heavy atom. The minimum absolute atomic E-state index is 0.175. The van der Waals surface area contributed by atoms with E-state index in [0.29, 0.717) is 37.7 Å². The van der Waals surface area contributed by atoms with E-state index in [9.17, 15) is 8.42 Å². The molecule has 0 atom stereocenters. The molecule has 2 aromatic carbocycles. The molecule has 1 saturated heterocycles. The first kappa shape index (κ1) is 23.9. The van der Waals surface area contributed by atoms with Crippen molar-refractivity contribution in [1.29, 1.82) is 0 Å². The molecular weight excluding hydrogens is 432 g/mol. The minimum atomic E-state index is -3.56. The van der Waals surface area contributed by atoms with Crippen LogP contribution in [0.25, 0.3) is 0 Å². The number of halogens is 1. The van der Waals surface area contributed by atoms with E-state index >= 15 is 0 Å². The van der Waals surface area contributed by atoms with E-state index in [4.69, 9.17) is 16.3 Å². The van der Waals surface area contributed by atoms with Gasteiger partial charge < -0.3 is 9.64 Å². The molecule has 170 valence electrons. The highest BCUT2D eigenvalue weighted by Crippen LogP contribution is 2.32. The lowest BCUT2D eigenvalue weighted by Gasteiger charge is -2.36. The van der Waals surface area contributed by atoms with Crippen LogP contribution in [0.3, 0.4) is 0 Å². The Kier molecular flexibility index (Phi) is 7.89. The Morgan fingerprint density at radius 2 is 1.81 bits per heavy atom. The van der Waals surface area contributed by atoms with Crippen molar-refractivity contribution in [1.82, 2.24) is 4.31 Å². The molecule has 0 unspecified atom stereocenters. The number of hydrogen-bond acceptors (Lipinski definition) is 4. The minimum Gasteiger partial charge on any atom is -0.493 e. The number of benzene rings is 2. The summed E-state index contributed by atoms with van der Waals surface area (Å²) in [5.74, 6) is 0.957. The van der Waals surface area contributed by atoms with Gasteiger partial charge >= 0.3 is 0 Å². The molecule has 0 radical (unpaired) electrons. The highest BCUT2D eigenvalue weighted by molar-refractivity contribution is 7.89. The smallest absolute Gasteiger partial charge is 0.243 e. The molecule has 0 aliphatic carbocycles. The summed E-state index contributed by atoms with van der Waals surface area (Å²) in [6.45, 7) is 11.0. The average molecular weight is 465 g/mol. The maximum Gasteiger partial charge on any atom is 0.243 e. The zero-order chi connectivity index (χ0) is 22.6. The standard InChI is InChI=1S/C24H33ClN2O3S/c1-5-6-16-30-24-11-10-20(17-21(24)18(2)3)31(28,29)27-14-12-26(13-15-27)23-9-7-8-22(25)19(23)4/h7-11,17-18H,5-6,12-16H2,1-4H3. The highest BCUT2D eigenvalue weighted by atomic mass is 35.5. The number of piperazine rings is 1. The van der Waals surface area contributed by atoms with E-state index in [-0.39, 0.29) is 5.92 Å². The normalized spacial score (nSPS) is 15.5. The van der Waals surface area contributed by atoms with Crippen LogP contribution in [-0.2, 0) is 10.0 Å². The van der Waals surface area contributed by atoms with Crippen LogP contribution >= 0.6 is 11.6 Å². The Hall–Kier alpha value is -1.76. The van der Waals surface area contributed by atoms with Crippen LogP contribution < -0.4 is 9.64 Å². The second-order valence-corrected chi connectivity index (χ2v) is 10.7. The molecule has 0 amide bonds. The lowest BCUT2D eigenvalue weighted by molar-refractivity contribution is 0.305. The first-order valence-corrected chi connectivity index (χ1v) is 12.8. The van der Waals surface area contributed by atoms with Crippen LogP contribution in [0.5, 0.6) is 5.75 Å². The molecule has 3 rings (SSSR count). The van der Waals surface area contributed by atoms with E-state index in [1.54, 1.807) is 16.4 Å². The fraction of sp³-hybridized carbons (Fsp3) is 0.500. The second kappa shape index (κ2) is 10.2. The molecule has 2 aromatic rings. The number of anilines is 1. The zero-order valence-electron chi connectivity index (χ0n) is 18.9. The molecular formula is C24H33ClN2O3S. The summed E-state index contributed by atoms with van der Waals surface area (Å²) in [6.07, 6.45) is 2.04. The summed E-state index contributed by atoms with van der Waals surface area (Å²) in [5.41, 5.74) is 3.03. The Balaban J connectivity index is 1.76. The molecule has 1 fully saturated rings. The molecule has 0 N–H and O–H groups in total. The van der Waals surface area contributed by atoms with Gasteiger partial charge in [-0.15, -0.1) is 0 Å². The summed E-state index contributed by atoms with van der Waals surface area (Å²) in [4.78, 5) is 2.55. The van der Waals surface area contributed by atoms with Gasteiger partial charge in [-0.1, -0.05) is 44.9 Å². The molecule has 1 aliphatic rings. The van der Waals surface area contributed by atoms with Crippen molar-refractivity contribution in [2.45, 2.75) is 51.3 Å². The third-order valence-electron chi connectivity index (χ3n) is 5.81. The summed E-state index contributed by atoms with van der Waals surface area (Å²) in [6, 6.07) is 11.1. The topological polar surface area (TPSA) is 49.9 Å². The van der Waals surface area contributed by atoms with Crippen LogP contribution in [0.4, 0.5) is 5.69 Å². The van der Waals surface area contributed by atoms with E-state index < -0.39 is 10.0 Å². The number of nitrogens with zero attached hydrogens (tertiary/aromatic N) is 2. The Labute approximate surface area is 192 Å². The van der Waals surface area contributed by atoms with Gasteiger partial charge in [0, 0.05) is 36.9 Å². The number of sulfonamides is 1. The molecule has 0 bridgehead atoms. The van der Waals surface area contributed by atoms with Crippen LogP contribution in [0, 0.1) is 6.92 Å². The Bertz CT molecular complexity index is 1000. The fourth-order valence-corrected chi connectivity index (χ4v) is 5.48. The molecule has 5 nitrogen and oxygen atoms in total. The van der Waals surface area contributed by atoms with Gasteiger partial charge in [0.1, 0.15) is 5.75 Å². The van der Waals surface area contributed by atoms with Crippen LogP contribution in [-0.4, -0.2) is 45.5 Å². The van der Waals surface area contributed by atoms with Gasteiger partial charge in [-0.05, 0) is 60.7 Å². The Morgan fingerprint density at radius 1 is 1.10 bits per heavy atom. The van der Waals surface area contributed by atoms with Gasteiger partial charge in [0.05, 0.1) is 11.5 Å². The predicted octanol–water partition coefficient (Wildman–Crippen LogP) is 5.46. The van der Waals surface area contributed by atoms with Crippen molar-refractivity contribution in [2.24, 2.45) is 0 Å². The monoisotopic (exact) mass is 464 g/mol. The molecule has 0 spiro atoms. The number of rotatable bonds is 8. The SMILES string of the molecule is CCCCOc1ccc(S(=O)(=O)N2CCN(c3cccc(Cl)c3C)CC2)cc1C(C)C. The fourth-order valence-electron chi connectivity index (χ4n) is 3.85. The summed E-state index contributed by atoms with van der Waals surface area (Å²) in [5, 5.41) is 0.731. The van der Waals surface area contributed by atoms with Crippen LogP contribution in [0.15, 0.2) is 41.3 Å². The van der Waals surface area contributed by atoms with Crippen LogP contribution in [0.2, 0.25) is 5.02 Å². The van der Waals surface area contributed by atoms with Gasteiger partial charge in [-0.3, -0.25) is 0 Å². The van der Waals surface area contributed by atoms with Gasteiger partial charge in [0.25, 0.3) is 0 Å². The third kappa shape index (κ3) is 5.36. The van der Waals surface area contributed by atoms with Crippen molar-refractivity contribution in [3.05, 3.63) is 52.5 Å². The molecule has 0 aromatic heterocycles. The van der Waals surface area contributed by atoms with E-state index in [2.05, 4.69) is 25.7 Å². The highest BCUT2D eigenvalue weighted by Gasteiger charge is 2.30. The van der Waals surface area contributed by atoms with Crippen molar-refractivity contribution in [3.63, 3.8) is 0 Å². The van der Waals surface area contributed by atoms with E-state index in [1.807, 2.05) is 31.2 Å². The third-order valence-corrected chi connectivity index (χ3v) is 8.12. The molecule has 1 heterocycles. The van der Waals surface area contributed by atoms with Gasteiger partial charge in [-0.25, -0.2) is 8.42 Å². The summed E-state index contributed by atoms with van der Waals surface area (Å²) >= 11 is 6.26. The van der Waals surface area contributed by atoms with Crippen molar-refractivity contribution < 1.29 is 13.2 Å². The lowest BCUT2D eigenvalue weighted by Crippen LogP contribution is -2.48. The van der Waals surface area contributed by atoms with E-state index in [0.717, 1.165) is 40.4 Å². The number of hydrogen-bond donors (Lipinski definition) is 0. The first-order valence-electron chi connectivity index (χ1n) is 11.0. The first-order chi connectivity index (χ1) is 14.8. The van der Waals surface area contributed by atoms with Gasteiger partial charge in [0.2, 0.25) is 10.0 Å². The quantitative estimate of drug-likeness (QED) is 0.486. The molecule has 0 saturated carbocycles. The van der Waals surface area contributed by atoms with E-state index in [1.165, 1.54) is 0 Å². The van der Waals surface area contributed by atoms with Gasteiger partial charge in [0.15, 0.2) is 0 Å². The molecule has 31 heavy (non-hydrogen) atoms. The van der Waals surface area contributed by atoms with Crippen LogP contribution in [0.1, 0.15) is 50.7 Å².